The molecule has 0 aliphatic carbocycles. The molecular formula is C15H20BrN3O2. The zero-order valence-electron chi connectivity index (χ0n) is 12.5. The first-order valence-electron chi connectivity index (χ1n) is 6.83. The van der Waals surface area contributed by atoms with Crippen molar-refractivity contribution in [2.24, 2.45) is 0 Å². The third-order valence-electron chi connectivity index (χ3n) is 3.16. The fourth-order valence-electron chi connectivity index (χ4n) is 2.12. The molecule has 0 saturated carbocycles. The molecule has 0 aliphatic rings. The average Bonchev–Trinajstić information content (AvgIpc) is 2.93. The van der Waals surface area contributed by atoms with Crippen molar-refractivity contribution in [2.75, 3.05) is 14.2 Å². The molecule has 21 heavy (non-hydrogen) atoms. The Morgan fingerprint density at radius 2 is 2.19 bits per heavy atom. The number of nitrogens with one attached hydrogen (secondary N) is 1. The van der Waals surface area contributed by atoms with E-state index >= 15 is 0 Å². The van der Waals surface area contributed by atoms with Crippen molar-refractivity contribution in [1.82, 2.24) is 14.9 Å². The molecule has 6 heteroatoms. The van der Waals surface area contributed by atoms with Crippen LogP contribution >= 0.6 is 15.9 Å². The quantitative estimate of drug-likeness (QED) is 0.831. The van der Waals surface area contributed by atoms with E-state index < -0.39 is 0 Å². The van der Waals surface area contributed by atoms with Crippen LogP contribution in [0.15, 0.2) is 29.0 Å². The van der Waals surface area contributed by atoms with Gasteiger partial charge in [-0.3, -0.25) is 0 Å². The number of halogens is 1. The van der Waals surface area contributed by atoms with Crippen LogP contribution in [0.1, 0.15) is 18.3 Å². The Morgan fingerprint density at radius 3 is 2.86 bits per heavy atom. The lowest BCUT2D eigenvalue weighted by atomic mass is 10.2. The predicted molar refractivity (Wildman–Crippen MR) is 85.7 cm³/mol. The van der Waals surface area contributed by atoms with Crippen molar-refractivity contribution in [2.45, 2.75) is 26.6 Å². The van der Waals surface area contributed by atoms with Crippen molar-refractivity contribution >= 4 is 15.9 Å². The molecule has 0 spiro atoms. The molecule has 0 aliphatic heterocycles. The van der Waals surface area contributed by atoms with Crippen LogP contribution in [0.4, 0.5) is 0 Å². The maximum atomic E-state index is 5.90. The minimum Gasteiger partial charge on any atom is -0.493 e. The highest BCUT2D eigenvalue weighted by molar-refractivity contribution is 9.10. The zero-order chi connectivity index (χ0) is 15.2. The maximum Gasteiger partial charge on any atom is 0.176 e. The lowest BCUT2D eigenvalue weighted by Gasteiger charge is -2.14. The van der Waals surface area contributed by atoms with E-state index in [0.29, 0.717) is 18.1 Å². The Bertz CT molecular complexity index is 599. The standard InChI is InChI=1S/C15H20BrN3O2/c1-4-19-6-5-18-14(19)10-21-15-12(16)7-11(9-17-2)8-13(15)20-3/h5-8,17H,4,9-10H2,1-3H3. The summed E-state index contributed by atoms with van der Waals surface area (Å²) in [6.07, 6.45) is 3.73. The summed E-state index contributed by atoms with van der Waals surface area (Å²) in [4.78, 5) is 4.31. The molecule has 114 valence electrons. The normalized spacial score (nSPS) is 10.7. The molecular weight excluding hydrogens is 334 g/mol. The first-order chi connectivity index (χ1) is 10.2. The van der Waals surface area contributed by atoms with Crippen molar-refractivity contribution in [3.8, 4) is 11.5 Å². The van der Waals surface area contributed by atoms with Crippen LogP contribution in [0.5, 0.6) is 11.5 Å². The van der Waals surface area contributed by atoms with Crippen molar-refractivity contribution in [3.63, 3.8) is 0 Å². The number of benzene rings is 1. The number of hydrogen-bond donors (Lipinski definition) is 1. The summed E-state index contributed by atoms with van der Waals surface area (Å²) in [7, 11) is 3.56. The van der Waals surface area contributed by atoms with E-state index in [4.69, 9.17) is 9.47 Å². The van der Waals surface area contributed by atoms with Gasteiger partial charge in [0.1, 0.15) is 12.4 Å². The lowest BCUT2D eigenvalue weighted by Crippen LogP contribution is -2.08. The van der Waals surface area contributed by atoms with E-state index in [1.165, 1.54) is 0 Å². The smallest absolute Gasteiger partial charge is 0.176 e. The molecule has 0 radical (unpaired) electrons. The van der Waals surface area contributed by atoms with Gasteiger partial charge in [0.2, 0.25) is 0 Å². The van der Waals surface area contributed by atoms with Gasteiger partial charge in [0, 0.05) is 25.5 Å². The van der Waals surface area contributed by atoms with E-state index in [1.807, 2.05) is 25.4 Å². The second-order valence-electron chi connectivity index (χ2n) is 4.56. The highest BCUT2D eigenvalue weighted by Gasteiger charge is 2.13. The molecule has 5 nitrogen and oxygen atoms in total. The summed E-state index contributed by atoms with van der Waals surface area (Å²) >= 11 is 3.55. The van der Waals surface area contributed by atoms with Gasteiger partial charge in [-0.15, -0.1) is 0 Å². The first-order valence-corrected chi connectivity index (χ1v) is 7.62. The van der Waals surface area contributed by atoms with Crippen LogP contribution in [0.25, 0.3) is 0 Å². The summed E-state index contributed by atoms with van der Waals surface area (Å²) in [5.74, 6) is 2.30. The van der Waals surface area contributed by atoms with Gasteiger partial charge >= 0.3 is 0 Å². The predicted octanol–water partition coefficient (Wildman–Crippen LogP) is 2.97. The fraction of sp³-hybridized carbons (Fsp3) is 0.400. The molecule has 0 bridgehead atoms. The molecule has 0 unspecified atom stereocenters. The molecule has 1 N–H and O–H groups in total. The zero-order valence-corrected chi connectivity index (χ0v) is 14.1. The molecule has 0 fully saturated rings. The minimum atomic E-state index is 0.404. The Labute approximate surface area is 133 Å². The second-order valence-corrected chi connectivity index (χ2v) is 5.41. The van der Waals surface area contributed by atoms with Gasteiger partial charge in [0.05, 0.1) is 11.6 Å². The fourth-order valence-corrected chi connectivity index (χ4v) is 2.73. The minimum absolute atomic E-state index is 0.404. The van der Waals surface area contributed by atoms with E-state index in [0.717, 1.165) is 29.0 Å². The van der Waals surface area contributed by atoms with Crippen molar-refractivity contribution in [1.29, 1.82) is 0 Å². The second kappa shape index (κ2) is 7.47. The number of rotatable bonds is 7. The monoisotopic (exact) mass is 353 g/mol. The van der Waals surface area contributed by atoms with Crippen LogP contribution in [0.2, 0.25) is 0 Å². The number of hydrogen-bond acceptors (Lipinski definition) is 4. The summed E-state index contributed by atoms with van der Waals surface area (Å²) in [6.45, 7) is 4.13. The van der Waals surface area contributed by atoms with Gasteiger partial charge in [-0.25, -0.2) is 4.98 Å². The van der Waals surface area contributed by atoms with Gasteiger partial charge in [-0.1, -0.05) is 0 Å². The Balaban J connectivity index is 2.19. The van der Waals surface area contributed by atoms with Gasteiger partial charge < -0.3 is 19.4 Å². The molecule has 0 atom stereocenters. The summed E-state index contributed by atoms with van der Waals surface area (Å²) in [6, 6.07) is 4.00. The van der Waals surface area contributed by atoms with Crippen LogP contribution < -0.4 is 14.8 Å². The third kappa shape index (κ3) is 3.77. The molecule has 0 amide bonds. The number of methoxy groups -OCH3 is 1. The number of aryl methyl sites for hydroxylation is 1. The summed E-state index contributed by atoms with van der Waals surface area (Å²) in [5, 5.41) is 3.12. The van der Waals surface area contributed by atoms with Gasteiger partial charge in [0.25, 0.3) is 0 Å². The number of nitrogens with zero attached hydrogens (tertiary/aromatic N) is 2. The lowest BCUT2D eigenvalue weighted by molar-refractivity contribution is 0.269. The van der Waals surface area contributed by atoms with Crippen molar-refractivity contribution in [3.05, 3.63) is 40.4 Å². The highest BCUT2D eigenvalue weighted by atomic mass is 79.9. The highest BCUT2D eigenvalue weighted by Crippen LogP contribution is 2.37. The van der Waals surface area contributed by atoms with E-state index in [1.54, 1.807) is 13.3 Å². The summed E-state index contributed by atoms with van der Waals surface area (Å²) in [5.41, 5.74) is 1.13. The van der Waals surface area contributed by atoms with Crippen LogP contribution in [0, 0.1) is 0 Å². The Morgan fingerprint density at radius 1 is 1.38 bits per heavy atom. The Hall–Kier alpha value is -1.53. The molecule has 1 aromatic carbocycles. The van der Waals surface area contributed by atoms with Gasteiger partial charge in [-0.05, 0) is 47.6 Å². The third-order valence-corrected chi connectivity index (χ3v) is 3.75. The number of imidazole rings is 1. The molecule has 2 aromatic rings. The first kappa shape index (κ1) is 15.9. The van der Waals surface area contributed by atoms with E-state index in [2.05, 4.69) is 37.7 Å². The molecule has 1 aromatic heterocycles. The number of aromatic nitrogens is 2. The van der Waals surface area contributed by atoms with Gasteiger partial charge in [-0.2, -0.15) is 0 Å². The van der Waals surface area contributed by atoms with E-state index in [-0.39, 0.29) is 0 Å². The molecule has 2 rings (SSSR count). The average molecular weight is 354 g/mol. The summed E-state index contributed by atoms with van der Waals surface area (Å²) < 4.78 is 14.3. The SMILES string of the molecule is CCn1ccnc1COc1c(Br)cc(CNC)cc1OC. The molecule has 1 heterocycles. The number of ether oxygens (including phenoxy) is 2. The largest absolute Gasteiger partial charge is 0.493 e. The van der Waals surface area contributed by atoms with Gasteiger partial charge in [0.15, 0.2) is 11.5 Å². The van der Waals surface area contributed by atoms with Crippen LogP contribution in [-0.2, 0) is 19.7 Å². The van der Waals surface area contributed by atoms with Crippen LogP contribution in [-0.4, -0.2) is 23.7 Å². The topological polar surface area (TPSA) is 48.3 Å². The molecule has 0 saturated heterocycles. The van der Waals surface area contributed by atoms with Crippen molar-refractivity contribution < 1.29 is 9.47 Å². The maximum absolute atomic E-state index is 5.90. The Kier molecular flexibility index (Phi) is 5.64. The van der Waals surface area contributed by atoms with E-state index in [9.17, 15) is 0 Å². The van der Waals surface area contributed by atoms with Crippen LogP contribution in [0.3, 0.4) is 0 Å².